The number of nitrogens with zero attached hydrogens (tertiary/aromatic N) is 1. The highest BCUT2D eigenvalue weighted by Crippen LogP contribution is 2.37. The van der Waals surface area contributed by atoms with Crippen LogP contribution in [0.1, 0.15) is 33.1 Å². The first-order chi connectivity index (χ1) is 20.0. The highest BCUT2D eigenvalue weighted by atomic mass is 32.2. The van der Waals surface area contributed by atoms with Crippen LogP contribution in [0.15, 0.2) is 76.5 Å². The zero-order valence-corrected chi connectivity index (χ0v) is 25.5. The number of benzene rings is 3. The fourth-order valence-electron chi connectivity index (χ4n) is 5.60. The summed E-state index contributed by atoms with van der Waals surface area (Å²) in [5.74, 6) is 0.356. The molecule has 0 aliphatic carbocycles. The lowest BCUT2D eigenvalue weighted by atomic mass is 9.88. The van der Waals surface area contributed by atoms with Gasteiger partial charge < -0.3 is 19.9 Å². The van der Waals surface area contributed by atoms with E-state index in [0.717, 1.165) is 17.2 Å². The topological polar surface area (TPSA) is 134 Å². The zero-order chi connectivity index (χ0) is 30.0. The van der Waals surface area contributed by atoms with Crippen molar-refractivity contribution in [2.45, 2.75) is 66.7 Å². The molecule has 0 radical (unpaired) electrons. The number of piperidine rings is 1. The molecule has 3 aromatic rings. The minimum atomic E-state index is -3.64. The summed E-state index contributed by atoms with van der Waals surface area (Å²) in [4.78, 5) is 0.409. The second-order valence-electron chi connectivity index (χ2n) is 11.4. The Bertz CT molecular complexity index is 1600. The van der Waals surface area contributed by atoms with E-state index < -0.39 is 26.2 Å². The summed E-state index contributed by atoms with van der Waals surface area (Å²) in [6, 6.07) is 18.9. The van der Waals surface area contributed by atoms with Gasteiger partial charge in [0.05, 0.1) is 22.0 Å². The number of hydrogen-bond donors (Lipinski definition) is 3. The summed E-state index contributed by atoms with van der Waals surface area (Å²) in [6.07, 6.45) is 1.13. The summed E-state index contributed by atoms with van der Waals surface area (Å²) in [5, 5.41) is 15.7. The monoisotopic (exact) mass is 617 g/mol. The fourth-order valence-corrected chi connectivity index (χ4v) is 8.36. The molecule has 1 spiro atoms. The second kappa shape index (κ2) is 12.6. The predicted molar refractivity (Wildman–Crippen MR) is 160 cm³/mol. The maximum absolute atomic E-state index is 13.4. The highest BCUT2D eigenvalue weighted by molar-refractivity contribution is 7.89. The number of aliphatic hydroxyl groups is 1. The Balaban J connectivity index is 1.08. The molecule has 10 nitrogen and oxygen atoms in total. The molecule has 0 saturated carbocycles. The summed E-state index contributed by atoms with van der Waals surface area (Å²) < 4.78 is 67.5. The van der Waals surface area contributed by atoms with Gasteiger partial charge in [0.1, 0.15) is 18.5 Å². The van der Waals surface area contributed by atoms with Crippen LogP contribution in [0.4, 0.5) is 0 Å². The maximum atomic E-state index is 13.4. The highest BCUT2D eigenvalue weighted by Gasteiger charge is 2.44. The van der Waals surface area contributed by atoms with Gasteiger partial charge in [-0.1, -0.05) is 36.4 Å². The van der Waals surface area contributed by atoms with Gasteiger partial charge >= 0.3 is 0 Å². The number of fused-ring (bicyclic) bond motifs is 1. The van der Waals surface area contributed by atoms with Crippen molar-refractivity contribution in [2.75, 3.05) is 32.8 Å². The largest absolute Gasteiger partial charge is 0.491 e. The van der Waals surface area contributed by atoms with Crippen LogP contribution in [0.25, 0.3) is 10.8 Å². The van der Waals surface area contributed by atoms with Crippen molar-refractivity contribution in [1.29, 1.82) is 0 Å². The molecule has 3 aromatic carbocycles. The van der Waals surface area contributed by atoms with E-state index in [2.05, 4.69) is 10.0 Å². The average molecular weight is 618 g/mol. The van der Waals surface area contributed by atoms with Gasteiger partial charge in [-0.3, -0.25) is 0 Å². The molecule has 2 heterocycles. The smallest absolute Gasteiger partial charge is 0.243 e. The zero-order valence-electron chi connectivity index (χ0n) is 23.9. The third-order valence-electron chi connectivity index (χ3n) is 7.79. The Morgan fingerprint density at radius 2 is 1.71 bits per heavy atom. The molecule has 12 heteroatoms. The number of ether oxygens (including phenoxy) is 2. The minimum Gasteiger partial charge on any atom is -0.491 e. The van der Waals surface area contributed by atoms with Crippen LogP contribution in [0.5, 0.6) is 5.75 Å². The summed E-state index contributed by atoms with van der Waals surface area (Å²) in [6.45, 7) is 5.03. The Morgan fingerprint density at radius 3 is 2.45 bits per heavy atom. The second-order valence-corrected chi connectivity index (χ2v) is 15.1. The number of sulfonamides is 2. The van der Waals surface area contributed by atoms with E-state index in [9.17, 15) is 21.9 Å². The molecule has 0 aromatic heterocycles. The van der Waals surface area contributed by atoms with Gasteiger partial charge in [-0.05, 0) is 68.1 Å². The molecule has 2 fully saturated rings. The van der Waals surface area contributed by atoms with Gasteiger partial charge in [0, 0.05) is 37.8 Å². The normalized spacial score (nSPS) is 20.3. The van der Waals surface area contributed by atoms with E-state index in [1.165, 1.54) is 12.1 Å². The average Bonchev–Trinajstić information content (AvgIpc) is 3.36. The van der Waals surface area contributed by atoms with Crippen LogP contribution in [-0.4, -0.2) is 82.9 Å². The van der Waals surface area contributed by atoms with E-state index >= 15 is 0 Å². The number of rotatable bonds is 11. The van der Waals surface area contributed by atoms with Crippen molar-refractivity contribution in [1.82, 2.24) is 14.3 Å². The van der Waals surface area contributed by atoms with Gasteiger partial charge in [-0.15, -0.1) is 0 Å². The molecular weight excluding hydrogens is 578 g/mol. The first kappa shape index (κ1) is 30.9. The molecule has 3 N–H and O–H groups in total. The quantitative estimate of drug-likeness (QED) is 0.299. The van der Waals surface area contributed by atoms with Crippen molar-refractivity contribution in [2.24, 2.45) is 0 Å². The van der Waals surface area contributed by atoms with Crippen LogP contribution in [0.2, 0.25) is 0 Å². The van der Waals surface area contributed by atoms with Crippen molar-refractivity contribution >= 4 is 30.8 Å². The lowest BCUT2D eigenvalue weighted by Crippen LogP contribution is -2.47. The molecule has 5 rings (SSSR count). The van der Waals surface area contributed by atoms with Crippen molar-refractivity contribution in [3.63, 3.8) is 0 Å². The van der Waals surface area contributed by atoms with E-state index in [-0.39, 0.29) is 35.7 Å². The van der Waals surface area contributed by atoms with Gasteiger partial charge in [0.2, 0.25) is 20.0 Å². The van der Waals surface area contributed by atoms with E-state index in [1.54, 1.807) is 42.4 Å². The number of nitrogens with one attached hydrogen (secondary N) is 2. The SMILES string of the molecule is CC(C)NS(=O)(=O)c1cccc(OCC(O)CNC2COC3(CCN(S(=O)(=O)c4ccc5ccccc5c4)CC3)C2)c1. The number of aliphatic hydroxyl groups excluding tert-OH is 1. The molecular formula is C30H39N3O7S2. The van der Waals surface area contributed by atoms with Gasteiger partial charge in [0.15, 0.2) is 0 Å². The molecule has 2 saturated heterocycles. The molecule has 2 atom stereocenters. The van der Waals surface area contributed by atoms with E-state index in [0.29, 0.717) is 43.2 Å². The maximum Gasteiger partial charge on any atom is 0.243 e. The van der Waals surface area contributed by atoms with Crippen LogP contribution in [0, 0.1) is 0 Å². The third-order valence-corrected chi connectivity index (χ3v) is 11.3. The lowest BCUT2D eigenvalue weighted by Gasteiger charge is -2.38. The molecule has 42 heavy (non-hydrogen) atoms. The predicted octanol–water partition coefficient (Wildman–Crippen LogP) is 2.87. The molecule has 2 aliphatic heterocycles. The summed E-state index contributed by atoms with van der Waals surface area (Å²) in [7, 11) is -7.25. The van der Waals surface area contributed by atoms with Gasteiger partial charge in [-0.2, -0.15) is 4.31 Å². The molecule has 2 aliphatic rings. The van der Waals surface area contributed by atoms with Crippen molar-refractivity contribution < 1.29 is 31.4 Å². The first-order valence-corrected chi connectivity index (χ1v) is 17.2. The van der Waals surface area contributed by atoms with Crippen molar-refractivity contribution in [3.8, 4) is 5.75 Å². The lowest BCUT2D eigenvalue weighted by molar-refractivity contribution is -0.0312. The standard InChI is InChI=1S/C30H39N3O7S2/c1-22(2)32-41(35,36)28-9-5-8-27(17-28)39-21-26(34)19-31-25-18-30(40-20-25)12-14-33(15-13-30)42(37,38)29-11-10-23-6-3-4-7-24(23)16-29/h3-11,16-17,22,25-26,31-32,34H,12-15,18-21H2,1-2H3. The Hall–Kier alpha value is -2.58. The Labute approximate surface area is 248 Å². The summed E-state index contributed by atoms with van der Waals surface area (Å²) in [5.41, 5.74) is -0.384. The molecule has 0 amide bonds. The fraction of sp³-hybridized carbons (Fsp3) is 0.467. The Kier molecular flexibility index (Phi) is 9.24. The Morgan fingerprint density at radius 1 is 0.976 bits per heavy atom. The molecule has 228 valence electrons. The van der Waals surface area contributed by atoms with Gasteiger partial charge in [-0.25, -0.2) is 21.6 Å². The third kappa shape index (κ3) is 7.13. The van der Waals surface area contributed by atoms with Crippen molar-refractivity contribution in [3.05, 3.63) is 66.7 Å². The molecule has 2 unspecified atom stereocenters. The first-order valence-electron chi connectivity index (χ1n) is 14.3. The van der Waals surface area contributed by atoms with Crippen LogP contribution >= 0.6 is 0 Å². The number of hydrogen-bond acceptors (Lipinski definition) is 8. The van der Waals surface area contributed by atoms with Crippen LogP contribution in [0.3, 0.4) is 0 Å². The van der Waals surface area contributed by atoms with E-state index in [4.69, 9.17) is 9.47 Å². The molecule has 0 bridgehead atoms. The van der Waals surface area contributed by atoms with Gasteiger partial charge in [0.25, 0.3) is 0 Å². The summed E-state index contributed by atoms with van der Waals surface area (Å²) >= 11 is 0. The minimum absolute atomic E-state index is 0.00553. The van der Waals surface area contributed by atoms with Crippen LogP contribution < -0.4 is 14.8 Å². The van der Waals surface area contributed by atoms with Crippen LogP contribution in [-0.2, 0) is 24.8 Å². The van der Waals surface area contributed by atoms with E-state index in [1.807, 2.05) is 30.3 Å².